The van der Waals surface area contributed by atoms with E-state index in [9.17, 15) is 19.8 Å². The smallest absolute Gasteiger partial charge is 0.547 e. The maximum absolute atomic E-state index is 10.1. The third-order valence-corrected chi connectivity index (χ3v) is 3.69. The minimum Gasteiger partial charge on any atom is -0.547 e. The summed E-state index contributed by atoms with van der Waals surface area (Å²) in [5.41, 5.74) is 0. The molecule has 12 N–H and O–H groups in total. The molecule has 0 amide bonds. The van der Waals surface area contributed by atoms with Gasteiger partial charge in [-0.1, -0.05) is 0 Å². The minimum absolute atomic E-state index is 0. The summed E-state index contributed by atoms with van der Waals surface area (Å²) in [6.07, 6.45) is -21.0. The summed E-state index contributed by atoms with van der Waals surface area (Å²) in [6.45, 7) is -1.79. The second-order valence-corrected chi connectivity index (χ2v) is 5.97. The van der Waals surface area contributed by atoms with Crippen LogP contribution >= 0.6 is 0 Å². The Labute approximate surface area is 185 Å². The minimum atomic E-state index is -2.40. The fourth-order valence-corrected chi connectivity index (χ4v) is 1.73. The second-order valence-electron chi connectivity index (χ2n) is 5.97. The molecule has 0 aromatic heterocycles. The number of aliphatic hydroxyl groups excluding tert-OH is 12. The molecule has 0 unspecified atom stereocenters. The van der Waals surface area contributed by atoms with E-state index in [2.05, 4.69) is 0 Å². The first-order chi connectivity index (χ1) is 13.6. The van der Waals surface area contributed by atoms with Crippen molar-refractivity contribution in [1.82, 2.24) is 0 Å². The van der Waals surface area contributed by atoms with E-state index in [4.69, 9.17) is 61.3 Å². The Hall–Kier alpha value is -1.02. The molecule has 0 aromatic rings. The van der Waals surface area contributed by atoms with E-state index in [0.29, 0.717) is 0 Å². The molecule has 0 heterocycles. The van der Waals surface area contributed by atoms with Crippen molar-refractivity contribution < 1.29 is 98.1 Å². The average molecular weight is 506 g/mol. The van der Waals surface area contributed by atoms with Crippen molar-refractivity contribution in [2.45, 2.75) is 61.0 Å². The van der Waals surface area contributed by atoms with Gasteiger partial charge in [0.1, 0.15) is 61.0 Å². The first-order valence-electron chi connectivity index (χ1n) is 8.09. The zero-order chi connectivity index (χ0) is 24.3. The molecule has 0 aliphatic carbocycles. The largest absolute Gasteiger partial charge is 2.00 e. The van der Waals surface area contributed by atoms with Gasteiger partial charge in [-0.15, -0.1) is 0 Å². The van der Waals surface area contributed by atoms with Crippen LogP contribution in [0.1, 0.15) is 0 Å². The monoisotopic (exact) mass is 506 g/mol. The molecule has 31 heavy (non-hydrogen) atoms. The third-order valence-electron chi connectivity index (χ3n) is 3.69. The fourth-order valence-electron chi connectivity index (χ4n) is 1.73. The number of hydrogen-bond acceptors (Lipinski definition) is 16. The van der Waals surface area contributed by atoms with Crippen LogP contribution in [0.3, 0.4) is 0 Å². The predicted octanol–water partition coefficient (Wildman–Crippen LogP) is -10.9. The second kappa shape index (κ2) is 16.6. The molecular weight excluding hydrogens is 480 g/mol. The topological polar surface area (TPSA) is 323 Å². The standard InChI is InChI=1S/2C7H14O8.Fe/c2*8-1-2(9)3(10)4(11)5(12)6(13)7(14)15;/h2*2-6,8-13H,1H2,(H,14,15);/q;;+2/p-2/t2*2-,3-,4+,5-,6-;/m11./s1. The maximum Gasteiger partial charge on any atom is 2.00 e. The van der Waals surface area contributed by atoms with Gasteiger partial charge in [-0.05, 0) is 0 Å². The Balaban J connectivity index is -0.000000490. The van der Waals surface area contributed by atoms with Crippen LogP contribution in [0.15, 0.2) is 0 Å². The quantitative estimate of drug-likeness (QED) is 0.109. The van der Waals surface area contributed by atoms with Crippen molar-refractivity contribution in [2.75, 3.05) is 13.2 Å². The van der Waals surface area contributed by atoms with Crippen LogP contribution in [0, 0.1) is 0 Å². The summed E-state index contributed by atoms with van der Waals surface area (Å²) in [4.78, 5) is 20.2. The van der Waals surface area contributed by atoms with Crippen LogP contribution < -0.4 is 10.2 Å². The molecule has 0 aliphatic heterocycles. The number of aliphatic carboxylic acids is 2. The van der Waals surface area contributed by atoms with Crippen molar-refractivity contribution in [2.24, 2.45) is 0 Å². The van der Waals surface area contributed by atoms with Gasteiger partial charge in [-0.2, -0.15) is 0 Å². The summed E-state index contributed by atoms with van der Waals surface area (Å²) in [7, 11) is 0. The molecular formula is C14H26FeO16. The maximum atomic E-state index is 10.1. The van der Waals surface area contributed by atoms with Gasteiger partial charge in [0.25, 0.3) is 0 Å². The molecule has 0 saturated heterocycles. The van der Waals surface area contributed by atoms with Gasteiger partial charge in [0.15, 0.2) is 0 Å². The number of carboxylic acids is 2. The van der Waals surface area contributed by atoms with Gasteiger partial charge < -0.3 is 81.1 Å². The van der Waals surface area contributed by atoms with Gasteiger partial charge in [-0.25, -0.2) is 0 Å². The molecule has 0 spiro atoms. The molecule has 0 fully saturated rings. The number of carbonyl (C=O) groups is 2. The predicted molar refractivity (Wildman–Crippen MR) is 84.3 cm³/mol. The van der Waals surface area contributed by atoms with E-state index >= 15 is 0 Å². The zero-order valence-corrected chi connectivity index (χ0v) is 16.6. The number of rotatable bonds is 12. The van der Waals surface area contributed by atoms with E-state index < -0.39 is 86.2 Å². The molecule has 0 bridgehead atoms. The first kappa shape index (κ1) is 34.6. The molecule has 17 heteroatoms. The van der Waals surface area contributed by atoms with Crippen LogP contribution in [0.4, 0.5) is 0 Å². The molecule has 10 atom stereocenters. The number of carbonyl (C=O) groups excluding carboxylic acids is 2. The van der Waals surface area contributed by atoms with Gasteiger partial charge >= 0.3 is 17.1 Å². The van der Waals surface area contributed by atoms with E-state index in [0.717, 1.165) is 0 Å². The number of aliphatic hydroxyl groups is 12. The Morgan fingerprint density at radius 3 is 0.903 bits per heavy atom. The van der Waals surface area contributed by atoms with Crippen molar-refractivity contribution >= 4 is 11.9 Å². The fraction of sp³-hybridized carbons (Fsp3) is 0.857. The van der Waals surface area contributed by atoms with Crippen molar-refractivity contribution in [3.05, 3.63) is 0 Å². The average Bonchev–Trinajstić information content (AvgIpc) is 2.73. The van der Waals surface area contributed by atoms with Gasteiger partial charge in [0.2, 0.25) is 0 Å². The summed E-state index contributed by atoms with van der Waals surface area (Å²) < 4.78 is 0. The zero-order valence-electron chi connectivity index (χ0n) is 15.5. The van der Waals surface area contributed by atoms with E-state index in [-0.39, 0.29) is 17.1 Å². The van der Waals surface area contributed by atoms with Gasteiger partial charge in [-0.3, -0.25) is 0 Å². The Morgan fingerprint density at radius 2 is 0.742 bits per heavy atom. The molecule has 0 saturated carbocycles. The third kappa shape index (κ3) is 11.4. The normalized spacial score (nSPS) is 20.8. The Kier molecular flexibility index (Phi) is 18.5. The molecule has 0 rings (SSSR count). The summed E-state index contributed by atoms with van der Waals surface area (Å²) in [5.74, 6) is -4.07. The van der Waals surface area contributed by atoms with Crippen LogP contribution in [0.2, 0.25) is 0 Å². The summed E-state index contributed by atoms with van der Waals surface area (Å²) >= 11 is 0. The first-order valence-corrected chi connectivity index (χ1v) is 8.09. The molecule has 0 aromatic carbocycles. The van der Waals surface area contributed by atoms with Crippen LogP contribution in [0.5, 0.6) is 0 Å². The Morgan fingerprint density at radius 1 is 0.516 bits per heavy atom. The Bertz CT molecular complexity index is 465. The van der Waals surface area contributed by atoms with Crippen LogP contribution in [0.25, 0.3) is 0 Å². The van der Waals surface area contributed by atoms with Crippen LogP contribution in [-0.2, 0) is 26.7 Å². The summed E-state index contributed by atoms with van der Waals surface area (Å²) in [6, 6.07) is 0. The van der Waals surface area contributed by atoms with Crippen molar-refractivity contribution in [3.8, 4) is 0 Å². The SMILES string of the molecule is O=C([O-])[C@H](O)[C@H](O)[C@@H](O)[C@H](O)[C@H](O)CO.O=C([O-])[C@H](O)[C@H](O)[C@@H](O)[C@H](O)[C@H](O)CO.[Fe+2]. The number of carboxylic acid groups (broad SMARTS) is 2. The van der Waals surface area contributed by atoms with E-state index in [1.54, 1.807) is 0 Å². The van der Waals surface area contributed by atoms with Crippen molar-refractivity contribution in [3.63, 3.8) is 0 Å². The molecule has 16 nitrogen and oxygen atoms in total. The van der Waals surface area contributed by atoms with Crippen molar-refractivity contribution in [1.29, 1.82) is 0 Å². The molecule has 0 aliphatic rings. The van der Waals surface area contributed by atoms with Gasteiger partial charge in [0, 0.05) is 0 Å². The summed E-state index contributed by atoms with van der Waals surface area (Å²) in [5, 5.41) is 126. The number of hydrogen-bond donors (Lipinski definition) is 12. The van der Waals surface area contributed by atoms with E-state index in [1.807, 2.05) is 0 Å². The van der Waals surface area contributed by atoms with Crippen LogP contribution in [-0.4, -0.2) is 147 Å². The molecule has 0 radical (unpaired) electrons. The molecule has 186 valence electrons. The van der Waals surface area contributed by atoms with Gasteiger partial charge in [0.05, 0.1) is 25.2 Å². The van der Waals surface area contributed by atoms with E-state index in [1.165, 1.54) is 0 Å².